The van der Waals surface area contributed by atoms with Crippen LogP contribution >= 0.6 is 11.6 Å². The second kappa shape index (κ2) is 8.63. The van der Waals surface area contributed by atoms with Crippen molar-refractivity contribution in [2.75, 3.05) is 34.9 Å². The average molecular weight is 402 g/mol. The van der Waals surface area contributed by atoms with Gasteiger partial charge in [0.25, 0.3) is 5.56 Å². The van der Waals surface area contributed by atoms with Crippen LogP contribution in [0.1, 0.15) is 6.42 Å². The number of rotatable bonds is 7. The van der Waals surface area contributed by atoms with Gasteiger partial charge in [0.05, 0.1) is 19.7 Å². The highest BCUT2D eigenvalue weighted by Gasteiger charge is 2.14. The minimum Gasteiger partial charge on any atom is -0.497 e. The van der Waals surface area contributed by atoms with Crippen LogP contribution in [0.3, 0.4) is 0 Å². The lowest BCUT2D eigenvalue weighted by molar-refractivity contribution is 0.386. The molecule has 0 radical (unpaired) electrons. The number of pyridine rings is 2. The Morgan fingerprint density at radius 1 is 1.07 bits per heavy atom. The molecular formula is C21H24ClN3O3. The number of benzene rings is 1. The molecule has 0 bridgehead atoms. The molecule has 0 fully saturated rings. The highest BCUT2D eigenvalue weighted by Crippen LogP contribution is 2.30. The molecule has 2 heterocycles. The number of aromatic nitrogens is 2. The number of ether oxygens (including phenoxy) is 2. The van der Waals surface area contributed by atoms with E-state index in [4.69, 9.17) is 21.1 Å². The fourth-order valence-electron chi connectivity index (χ4n) is 3.18. The zero-order valence-corrected chi connectivity index (χ0v) is 17.3. The Labute approximate surface area is 169 Å². The second-order valence-corrected chi connectivity index (χ2v) is 7.23. The van der Waals surface area contributed by atoms with E-state index in [9.17, 15) is 4.79 Å². The lowest BCUT2D eigenvalue weighted by Crippen LogP contribution is -2.24. The first-order chi connectivity index (χ1) is 13.4. The first-order valence-corrected chi connectivity index (χ1v) is 9.38. The van der Waals surface area contributed by atoms with Crippen LogP contribution in [-0.4, -0.2) is 49.3 Å². The summed E-state index contributed by atoms with van der Waals surface area (Å²) in [4.78, 5) is 19.7. The number of methoxy groups -OCH3 is 2. The molecule has 0 spiro atoms. The third kappa shape index (κ3) is 4.29. The van der Waals surface area contributed by atoms with Gasteiger partial charge < -0.3 is 18.9 Å². The van der Waals surface area contributed by atoms with Crippen molar-refractivity contribution >= 4 is 22.5 Å². The summed E-state index contributed by atoms with van der Waals surface area (Å²) in [6.07, 6.45) is 2.54. The number of aryl methyl sites for hydroxylation is 1. The zero-order chi connectivity index (χ0) is 20.3. The predicted octanol–water partition coefficient (Wildman–Crippen LogP) is 3.69. The van der Waals surface area contributed by atoms with E-state index in [1.54, 1.807) is 37.1 Å². The summed E-state index contributed by atoms with van der Waals surface area (Å²) in [5.41, 5.74) is 2.00. The van der Waals surface area contributed by atoms with Gasteiger partial charge in [-0.3, -0.25) is 4.79 Å². The van der Waals surface area contributed by atoms with E-state index in [1.165, 1.54) is 0 Å². The van der Waals surface area contributed by atoms with Gasteiger partial charge in [-0.25, -0.2) is 4.98 Å². The van der Waals surface area contributed by atoms with E-state index in [1.807, 2.05) is 32.3 Å². The minimum absolute atomic E-state index is 0.0798. The fourth-order valence-corrected chi connectivity index (χ4v) is 3.34. The average Bonchev–Trinajstić information content (AvgIpc) is 2.68. The van der Waals surface area contributed by atoms with Crippen molar-refractivity contribution in [3.8, 4) is 22.6 Å². The number of nitrogens with zero attached hydrogens (tertiary/aromatic N) is 3. The molecule has 6 nitrogen and oxygen atoms in total. The summed E-state index contributed by atoms with van der Waals surface area (Å²) in [7, 11) is 7.20. The molecule has 0 saturated carbocycles. The van der Waals surface area contributed by atoms with E-state index in [0.717, 1.165) is 29.4 Å². The number of fused-ring (bicyclic) bond motifs is 1. The highest BCUT2D eigenvalue weighted by atomic mass is 35.5. The van der Waals surface area contributed by atoms with E-state index >= 15 is 0 Å². The zero-order valence-electron chi connectivity index (χ0n) is 16.5. The Balaban J connectivity index is 2.20. The van der Waals surface area contributed by atoms with Gasteiger partial charge in [-0.15, -0.1) is 0 Å². The van der Waals surface area contributed by atoms with Gasteiger partial charge in [0.2, 0.25) is 0 Å². The maximum Gasteiger partial charge on any atom is 0.258 e. The van der Waals surface area contributed by atoms with E-state index in [2.05, 4.69) is 9.88 Å². The number of hydrogen-bond donors (Lipinski definition) is 0. The molecule has 1 aromatic carbocycles. The maximum atomic E-state index is 13.4. The summed E-state index contributed by atoms with van der Waals surface area (Å²) >= 11 is 6.10. The van der Waals surface area contributed by atoms with Crippen LogP contribution in [-0.2, 0) is 6.54 Å². The Bertz CT molecular complexity index is 1020. The first-order valence-electron chi connectivity index (χ1n) is 9.00. The van der Waals surface area contributed by atoms with Crippen LogP contribution in [0.2, 0.25) is 5.15 Å². The third-order valence-corrected chi connectivity index (χ3v) is 4.80. The molecule has 3 rings (SSSR count). The summed E-state index contributed by atoms with van der Waals surface area (Å²) in [5, 5.41) is 1.22. The molecule has 2 aromatic heterocycles. The van der Waals surface area contributed by atoms with E-state index < -0.39 is 0 Å². The van der Waals surface area contributed by atoms with Crippen LogP contribution in [0.25, 0.3) is 22.0 Å². The normalized spacial score (nSPS) is 11.2. The summed E-state index contributed by atoms with van der Waals surface area (Å²) < 4.78 is 12.5. The van der Waals surface area contributed by atoms with Crippen molar-refractivity contribution in [3.63, 3.8) is 0 Å². The molecule has 0 unspecified atom stereocenters. The summed E-state index contributed by atoms with van der Waals surface area (Å²) in [6, 6.07) is 9.03. The number of halogens is 1. The molecule has 7 heteroatoms. The first kappa shape index (κ1) is 20.2. The molecule has 0 saturated heterocycles. The largest absolute Gasteiger partial charge is 0.497 e. The van der Waals surface area contributed by atoms with Crippen molar-refractivity contribution in [2.45, 2.75) is 13.0 Å². The third-order valence-electron chi connectivity index (χ3n) is 4.59. The van der Waals surface area contributed by atoms with Gasteiger partial charge in [-0.1, -0.05) is 11.6 Å². The van der Waals surface area contributed by atoms with Crippen molar-refractivity contribution < 1.29 is 9.47 Å². The van der Waals surface area contributed by atoms with Crippen LogP contribution in [0.4, 0.5) is 0 Å². The Hall–Kier alpha value is -2.57. The van der Waals surface area contributed by atoms with Crippen molar-refractivity contribution in [1.29, 1.82) is 0 Å². The van der Waals surface area contributed by atoms with E-state index in [-0.39, 0.29) is 5.56 Å². The number of hydrogen-bond acceptors (Lipinski definition) is 5. The molecule has 0 aliphatic heterocycles. The predicted molar refractivity (Wildman–Crippen MR) is 113 cm³/mol. The van der Waals surface area contributed by atoms with Gasteiger partial charge in [0, 0.05) is 29.8 Å². The minimum atomic E-state index is -0.0798. The monoisotopic (exact) mass is 401 g/mol. The molecule has 3 aromatic rings. The molecule has 0 aliphatic rings. The molecular weight excluding hydrogens is 378 g/mol. The van der Waals surface area contributed by atoms with Gasteiger partial charge in [-0.2, -0.15) is 0 Å². The SMILES string of the molecule is COc1cc(OC)cc(-c2cc3cnc(Cl)cc3n(CCCN(C)C)c2=O)c1. The van der Waals surface area contributed by atoms with Crippen molar-refractivity contribution in [1.82, 2.24) is 14.5 Å². The quantitative estimate of drug-likeness (QED) is 0.565. The highest BCUT2D eigenvalue weighted by molar-refractivity contribution is 6.30. The second-order valence-electron chi connectivity index (χ2n) is 6.84. The maximum absolute atomic E-state index is 13.4. The molecule has 0 atom stereocenters. The lowest BCUT2D eigenvalue weighted by atomic mass is 10.0. The van der Waals surface area contributed by atoms with Crippen LogP contribution < -0.4 is 15.0 Å². The van der Waals surface area contributed by atoms with Crippen molar-refractivity contribution in [3.05, 3.63) is 52.0 Å². The molecule has 148 valence electrons. The fraction of sp³-hybridized carbons (Fsp3) is 0.333. The standard InChI is InChI=1S/C21H24ClN3O3/c1-24(2)6-5-7-25-19-12-20(22)23-13-15(19)10-18(21(25)26)14-8-16(27-3)11-17(9-14)28-4/h8-13H,5-7H2,1-4H3. The van der Waals surface area contributed by atoms with E-state index in [0.29, 0.717) is 28.8 Å². The topological polar surface area (TPSA) is 56.6 Å². The Kier molecular flexibility index (Phi) is 6.21. The van der Waals surface area contributed by atoms with Gasteiger partial charge in [0.15, 0.2) is 0 Å². The van der Waals surface area contributed by atoms with Gasteiger partial charge in [-0.05, 0) is 56.9 Å². The Morgan fingerprint density at radius 2 is 1.75 bits per heavy atom. The molecule has 28 heavy (non-hydrogen) atoms. The Morgan fingerprint density at radius 3 is 2.36 bits per heavy atom. The summed E-state index contributed by atoms with van der Waals surface area (Å²) in [5.74, 6) is 1.25. The van der Waals surface area contributed by atoms with Crippen molar-refractivity contribution in [2.24, 2.45) is 0 Å². The molecule has 0 aliphatic carbocycles. The van der Waals surface area contributed by atoms with Crippen LogP contribution in [0.15, 0.2) is 41.3 Å². The van der Waals surface area contributed by atoms with Gasteiger partial charge >= 0.3 is 0 Å². The van der Waals surface area contributed by atoms with Gasteiger partial charge in [0.1, 0.15) is 16.7 Å². The lowest BCUT2D eigenvalue weighted by Gasteiger charge is -2.15. The summed E-state index contributed by atoms with van der Waals surface area (Å²) in [6.45, 7) is 1.47. The van der Waals surface area contributed by atoms with Crippen LogP contribution in [0, 0.1) is 0 Å². The van der Waals surface area contributed by atoms with Crippen LogP contribution in [0.5, 0.6) is 11.5 Å². The molecule has 0 amide bonds. The smallest absolute Gasteiger partial charge is 0.258 e. The molecule has 0 N–H and O–H groups in total.